The molecule has 0 aromatic carbocycles. The molecule has 33 heavy (non-hydrogen) atoms. The number of carbonyl (C=O) groups is 3. The summed E-state index contributed by atoms with van der Waals surface area (Å²) in [6.07, 6.45) is -5.81. The third-order valence-corrected chi connectivity index (χ3v) is 8.06. The number of carbonyl (C=O) groups excluding carboxylic acids is 2. The highest BCUT2D eigenvalue weighted by atomic mass is 32.5. The molecular weight excluding hydrogens is 485 g/mol. The molecule has 0 radical (unpaired) electrons. The SMILES string of the molecule is CO[C@H]1C(OP([O-])(=S)C(C)C)[C@@H](C(=O)N[C@H](CC(=O)[O-])C(=O)O)O[C@H]1n1ccc(=O)[nH]c1=O. The third-order valence-electron chi connectivity index (χ3n) is 4.73. The summed E-state index contributed by atoms with van der Waals surface area (Å²) in [7, 11) is 1.19. The molecule has 1 amide bonds. The molecule has 3 N–H and O–H groups in total. The number of hydrogen-bond donors (Lipinski definition) is 3. The second-order valence-corrected chi connectivity index (χ2v) is 11.2. The molecule has 2 rings (SSSR count). The van der Waals surface area contributed by atoms with E-state index < -0.39 is 78.2 Å². The van der Waals surface area contributed by atoms with Gasteiger partial charge in [-0.1, -0.05) is 25.7 Å². The molecule has 1 fully saturated rings. The number of amides is 1. The topological polar surface area (TPSA) is 212 Å². The first-order chi connectivity index (χ1) is 15.3. The first-order valence-electron chi connectivity index (χ1n) is 9.50. The largest absolute Gasteiger partial charge is 0.800 e. The fourth-order valence-electron chi connectivity index (χ4n) is 2.98. The quantitative estimate of drug-likeness (QED) is 0.265. The van der Waals surface area contributed by atoms with Crippen LogP contribution < -0.4 is 26.6 Å². The standard InChI is InChI=1S/C17H24N3O11PS/c1-7(2)32(28,33)31-11-12(14(24)18-8(16(25)26)6-10(22)23)30-15(13(11)29-3)20-5-4-9(21)19-17(20)27/h4-5,7-8,11-13,15H,6H2,1-3H3,(H,18,24)(H,22,23)(H,25,26)(H,28,33)(H,19,21,27)/p-2/t8-,11?,12+,13+,15-,32?/m1/s1. The van der Waals surface area contributed by atoms with Crippen molar-refractivity contribution in [2.24, 2.45) is 0 Å². The fourth-order valence-corrected chi connectivity index (χ4v) is 4.09. The van der Waals surface area contributed by atoms with E-state index in [9.17, 15) is 39.1 Å². The van der Waals surface area contributed by atoms with E-state index in [1.807, 2.05) is 10.3 Å². The molecule has 1 aliphatic rings. The van der Waals surface area contributed by atoms with Gasteiger partial charge in [0, 0.05) is 31.8 Å². The molecule has 1 aromatic heterocycles. The Kier molecular flexibility index (Phi) is 8.68. The van der Waals surface area contributed by atoms with Gasteiger partial charge in [0.1, 0.15) is 18.2 Å². The summed E-state index contributed by atoms with van der Waals surface area (Å²) in [5, 5.41) is 22.0. The van der Waals surface area contributed by atoms with Gasteiger partial charge in [0.05, 0.1) is 0 Å². The van der Waals surface area contributed by atoms with Gasteiger partial charge < -0.3 is 39.2 Å². The summed E-state index contributed by atoms with van der Waals surface area (Å²) in [6.45, 7) is -0.740. The van der Waals surface area contributed by atoms with Gasteiger partial charge in [-0.3, -0.25) is 19.1 Å². The van der Waals surface area contributed by atoms with Gasteiger partial charge in [0.2, 0.25) is 0 Å². The van der Waals surface area contributed by atoms with E-state index >= 15 is 0 Å². The van der Waals surface area contributed by atoms with Crippen molar-refractivity contribution in [3.63, 3.8) is 0 Å². The molecule has 1 saturated heterocycles. The van der Waals surface area contributed by atoms with E-state index in [0.29, 0.717) is 0 Å². The normalized spacial score (nSPS) is 25.4. The maximum atomic E-state index is 12.9. The van der Waals surface area contributed by atoms with Gasteiger partial charge in [-0.05, 0) is 12.2 Å². The number of ether oxygens (including phenoxy) is 2. The average Bonchev–Trinajstić information content (AvgIpc) is 3.04. The van der Waals surface area contributed by atoms with Crippen LogP contribution in [0, 0.1) is 0 Å². The smallest absolute Gasteiger partial charge is 0.330 e. The number of nitrogens with one attached hydrogen (secondary N) is 2. The predicted octanol–water partition coefficient (Wildman–Crippen LogP) is -3.38. The lowest BCUT2D eigenvalue weighted by Gasteiger charge is -2.37. The van der Waals surface area contributed by atoms with Gasteiger partial charge in [0.25, 0.3) is 11.5 Å². The van der Waals surface area contributed by atoms with Crippen LogP contribution in [0.25, 0.3) is 0 Å². The number of carboxylic acids is 2. The number of aromatic amines is 1. The summed E-state index contributed by atoms with van der Waals surface area (Å²) in [4.78, 5) is 73.5. The Morgan fingerprint density at radius 2 is 2.00 bits per heavy atom. The summed E-state index contributed by atoms with van der Waals surface area (Å²) in [5.74, 6) is -4.53. The molecule has 16 heteroatoms. The number of methoxy groups -OCH3 is 1. The number of nitrogens with zero attached hydrogens (tertiary/aromatic N) is 1. The van der Waals surface area contributed by atoms with E-state index in [1.165, 1.54) is 21.0 Å². The molecule has 14 nitrogen and oxygen atoms in total. The molecule has 184 valence electrons. The molecule has 0 saturated carbocycles. The first kappa shape index (κ1) is 26.8. The second-order valence-electron chi connectivity index (χ2n) is 7.34. The lowest BCUT2D eigenvalue weighted by molar-refractivity contribution is -0.306. The third kappa shape index (κ3) is 6.34. The fraction of sp³-hybridized carbons (Fsp3) is 0.588. The van der Waals surface area contributed by atoms with Gasteiger partial charge in [-0.2, -0.15) is 0 Å². The Morgan fingerprint density at radius 1 is 1.36 bits per heavy atom. The highest BCUT2D eigenvalue weighted by Gasteiger charge is 2.51. The van der Waals surface area contributed by atoms with E-state index in [4.69, 9.17) is 25.8 Å². The maximum Gasteiger partial charge on any atom is 0.330 e. The van der Waals surface area contributed by atoms with Crippen LogP contribution in [0.4, 0.5) is 0 Å². The van der Waals surface area contributed by atoms with Crippen LogP contribution in [0.3, 0.4) is 0 Å². The van der Waals surface area contributed by atoms with Crippen LogP contribution in [0.15, 0.2) is 21.9 Å². The van der Waals surface area contributed by atoms with Crippen molar-refractivity contribution in [2.75, 3.05) is 7.11 Å². The van der Waals surface area contributed by atoms with Crippen molar-refractivity contribution in [2.45, 2.75) is 56.5 Å². The van der Waals surface area contributed by atoms with E-state index in [0.717, 1.165) is 16.8 Å². The van der Waals surface area contributed by atoms with Crippen LogP contribution >= 0.6 is 6.49 Å². The van der Waals surface area contributed by atoms with Crippen molar-refractivity contribution in [3.8, 4) is 0 Å². The number of carboxylic acid groups (broad SMARTS) is 2. The zero-order valence-corrected chi connectivity index (χ0v) is 19.4. The molecule has 1 aliphatic heterocycles. The minimum Gasteiger partial charge on any atom is -0.800 e. The summed E-state index contributed by atoms with van der Waals surface area (Å²) in [6, 6.07) is -0.865. The van der Waals surface area contributed by atoms with Crippen LogP contribution in [0.1, 0.15) is 26.5 Å². The number of aromatic nitrogens is 2. The van der Waals surface area contributed by atoms with Gasteiger partial charge in [0.15, 0.2) is 12.3 Å². The highest BCUT2D eigenvalue weighted by molar-refractivity contribution is 8.09. The van der Waals surface area contributed by atoms with Gasteiger partial charge in [-0.15, -0.1) is 0 Å². The van der Waals surface area contributed by atoms with Crippen molar-refractivity contribution in [1.29, 1.82) is 0 Å². The van der Waals surface area contributed by atoms with Crippen LogP contribution in [0.5, 0.6) is 0 Å². The Morgan fingerprint density at radius 3 is 2.48 bits per heavy atom. The van der Waals surface area contributed by atoms with Crippen LogP contribution in [-0.4, -0.2) is 69.6 Å². The first-order valence-corrected chi connectivity index (χ1v) is 12.2. The lowest BCUT2D eigenvalue weighted by Crippen LogP contribution is -2.51. The Bertz CT molecular complexity index is 1070. The minimum absolute atomic E-state index is 0.659. The van der Waals surface area contributed by atoms with Crippen molar-refractivity contribution >= 4 is 36.1 Å². The number of H-pyrrole nitrogens is 1. The van der Waals surface area contributed by atoms with Crippen LogP contribution in [0.2, 0.25) is 0 Å². The molecule has 0 bridgehead atoms. The minimum atomic E-state index is -3.78. The predicted molar refractivity (Wildman–Crippen MR) is 110 cm³/mol. The molecule has 0 aliphatic carbocycles. The zero-order valence-electron chi connectivity index (χ0n) is 17.7. The Labute approximate surface area is 191 Å². The maximum absolute atomic E-state index is 12.9. The molecule has 2 unspecified atom stereocenters. The molecular formula is C17H22N3O11PS-2. The summed E-state index contributed by atoms with van der Waals surface area (Å²) >= 11 is 5.02. The van der Waals surface area contributed by atoms with E-state index in [-0.39, 0.29) is 0 Å². The Hall–Kier alpha value is -2.42. The van der Waals surface area contributed by atoms with E-state index in [2.05, 4.69) is 0 Å². The highest BCUT2D eigenvalue weighted by Crippen LogP contribution is 2.48. The molecule has 2 heterocycles. The van der Waals surface area contributed by atoms with Gasteiger partial charge in [-0.25, -0.2) is 9.59 Å². The van der Waals surface area contributed by atoms with Crippen molar-refractivity contribution in [1.82, 2.24) is 14.9 Å². The van der Waals surface area contributed by atoms with Crippen molar-refractivity contribution in [3.05, 3.63) is 33.1 Å². The van der Waals surface area contributed by atoms with Crippen LogP contribution in [-0.2, 0) is 40.2 Å². The molecule has 1 aromatic rings. The summed E-state index contributed by atoms with van der Waals surface area (Å²) < 4.78 is 17.4. The monoisotopic (exact) mass is 507 g/mol. The molecule has 6 atom stereocenters. The number of rotatable bonds is 10. The second kappa shape index (κ2) is 10.7. The average molecular weight is 507 g/mol. The molecule has 0 spiro atoms. The Balaban J connectivity index is 2.47. The van der Waals surface area contributed by atoms with Crippen molar-refractivity contribution < 1.29 is 43.5 Å². The summed E-state index contributed by atoms with van der Waals surface area (Å²) in [5.41, 5.74) is -2.28. The lowest BCUT2D eigenvalue weighted by atomic mass is 10.1. The zero-order chi connectivity index (χ0) is 25.1. The van der Waals surface area contributed by atoms with Gasteiger partial charge >= 0.3 is 11.7 Å². The number of hydrogen-bond acceptors (Lipinski definition) is 11. The number of aliphatic carboxylic acids is 2. The van der Waals surface area contributed by atoms with E-state index in [1.54, 1.807) is 0 Å².